The number of hydrogen-bond acceptors (Lipinski definition) is 4. The van der Waals surface area contributed by atoms with Gasteiger partial charge in [-0.1, -0.05) is 0 Å². The van der Waals surface area contributed by atoms with Crippen molar-refractivity contribution in [3.05, 3.63) is 24.0 Å². The molecule has 1 aliphatic rings. The first-order valence-corrected chi connectivity index (χ1v) is 6.09. The molecule has 0 aromatic carbocycles. The van der Waals surface area contributed by atoms with Gasteiger partial charge in [0.15, 0.2) is 0 Å². The van der Waals surface area contributed by atoms with Gasteiger partial charge in [-0.3, -0.25) is 0 Å². The summed E-state index contributed by atoms with van der Waals surface area (Å²) in [5, 5.41) is 17.6. The topological polar surface area (TPSA) is 60.2 Å². The summed E-state index contributed by atoms with van der Waals surface area (Å²) in [6.07, 6.45) is 6.24. The highest BCUT2D eigenvalue weighted by molar-refractivity contribution is 5.47. The summed E-state index contributed by atoms with van der Waals surface area (Å²) >= 11 is 0. The van der Waals surface area contributed by atoms with Gasteiger partial charge in [0, 0.05) is 19.2 Å². The van der Waals surface area contributed by atoms with E-state index in [2.05, 4.69) is 9.88 Å². The van der Waals surface area contributed by atoms with Crippen LogP contribution in [0, 0.1) is 11.3 Å². The highest BCUT2D eigenvalue weighted by atomic mass is 16.3. The third kappa shape index (κ3) is 2.75. The van der Waals surface area contributed by atoms with E-state index in [1.54, 1.807) is 12.3 Å². The van der Waals surface area contributed by atoms with Gasteiger partial charge in [-0.05, 0) is 37.8 Å². The maximum Gasteiger partial charge on any atom is 0.140 e. The maximum atomic E-state index is 8.93. The van der Waals surface area contributed by atoms with Gasteiger partial charge < -0.3 is 10.0 Å². The Kier molecular flexibility index (Phi) is 3.94. The normalized spacial score (nSPS) is 15.1. The van der Waals surface area contributed by atoms with Gasteiger partial charge in [0.2, 0.25) is 0 Å². The van der Waals surface area contributed by atoms with Gasteiger partial charge in [-0.25, -0.2) is 4.98 Å². The zero-order chi connectivity index (χ0) is 12.1. The number of nitriles is 1. The fraction of sp³-hybridized carbons (Fsp3) is 0.538. The first kappa shape index (κ1) is 11.9. The molecule has 1 heterocycles. The molecule has 1 aliphatic carbocycles. The Hall–Kier alpha value is -1.60. The molecule has 0 saturated heterocycles. The van der Waals surface area contributed by atoms with Crippen molar-refractivity contribution in [1.29, 1.82) is 5.26 Å². The molecular weight excluding hydrogens is 214 g/mol. The largest absolute Gasteiger partial charge is 0.396 e. The molecule has 0 spiro atoms. The van der Waals surface area contributed by atoms with Crippen LogP contribution in [0.4, 0.5) is 5.69 Å². The van der Waals surface area contributed by atoms with Crippen LogP contribution in [0.3, 0.4) is 0 Å². The zero-order valence-corrected chi connectivity index (χ0v) is 9.84. The first-order valence-electron chi connectivity index (χ1n) is 6.09. The standard InChI is InChI=1S/C13H17N3O/c14-9-11-5-6-13(10-15-11)16(7-2-8-17)12-3-1-4-12/h5-6,10,12,17H,1-4,7-8H2. The van der Waals surface area contributed by atoms with Crippen LogP contribution >= 0.6 is 0 Å². The summed E-state index contributed by atoms with van der Waals surface area (Å²) in [4.78, 5) is 6.40. The molecule has 0 radical (unpaired) electrons. The van der Waals surface area contributed by atoms with Crippen LogP contribution < -0.4 is 4.90 Å². The number of anilines is 1. The van der Waals surface area contributed by atoms with Crippen molar-refractivity contribution in [3.63, 3.8) is 0 Å². The molecule has 1 saturated carbocycles. The minimum absolute atomic E-state index is 0.215. The van der Waals surface area contributed by atoms with Crippen molar-refractivity contribution in [2.75, 3.05) is 18.1 Å². The Morgan fingerprint density at radius 1 is 1.47 bits per heavy atom. The molecule has 1 aromatic rings. The zero-order valence-electron chi connectivity index (χ0n) is 9.84. The van der Waals surface area contributed by atoms with Gasteiger partial charge in [-0.2, -0.15) is 5.26 Å². The monoisotopic (exact) mass is 231 g/mol. The number of aliphatic hydroxyl groups excluding tert-OH is 1. The first-order chi connectivity index (χ1) is 8.35. The summed E-state index contributed by atoms with van der Waals surface area (Å²) in [7, 11) is 0. The average molecular weight is 231 g/mol. The molecule has 0 atom stereocenters. The predicted octanol–water partition coefficient (Wildman–Crippen LogP) is 1.69. The molecule has 1 fully saturated rings. The number of hydrogen-bond donors (Lipinski definition) is 1. The van der Waals surface area contributed by atoms with Crippen LogP contribution in [0.15, 0.2) is 18.3 Å². The van der Waals surface area contributed by atoms with E-state index in [1.165, 1.54) is 19.3 Å². The van der Waals surface area contributed by atoms with Crippen molar-refractivity contribution in [1.82, 2.24) is 4.98 Å². The predicted molar refractivity (Wildman–Crippen MR) is 65.6 cm³/mol. The molecule has 4 nitrogen and oxygen atoms in total. The summed E-state index contributed by atoms with van der Waals surface area (Å²) in [6.45, 7) is 1.07. The van der Waals surface area contributed by atoms with Crippen LogP contribution in [-0.4, -0.2) is 29.3 Å². The summed E-state index contributed by atoms with van der Waals surface area (Å²) in [6, 6.07) is 6.30. The Labute approximate surface area is 102 Å². The quantitative estimate of drug-likeness (QED) is 0.837. The second-order valence-corrected chi connectivity index (χ2v) is 4.37. The van der Waals surface area contributed by atoms with E-state index in [0.29, 0.717) is 11.7 Å². The molecule has 90 valence electrons. The third-order valence-electron chi connectivity index (χ3n) is 3.27. The van der Waals surface area contributed by atoms with Crippen molar-refractivity contribution in [2.45, 2.75) is 31.7 Å². The van der Waals surface area contributed by atoms with Crippen LogP contribution in [0.1, 0.15) is 31.4 Å². The van der Waals surface area contributed by atoms with Gasteiger partial charge in [0.05, 0.1) is 11.9 Å². The second-order valence-electron chi connectivity index (χ2n) is 4.37. The van der Waals surface area contributed by atoms with E-state index in [4.69, 9.17) is 10.4 Å². The Morgan fingerprint density at radius 3 is 2.76 bits per heavy atom. The highest BCUT2D eigenvalue weighted by Crippen LogP contribution is 2.29. The fourth-order valence-corrected chi connectivity index (χ4v) is 2.08. The Morgan fingerprint density at radius 2 is 2.29 bits per heavy atom. The minimum Gasteiger partial charge on any atom is -0.396 e. The molecule has 1 N–H and O–H groups in total. The van der Waals surface area contributed by atoms with E-state index >= 15 is 0 Å². The number of nitrogens with zero attached hydrogens (tertiary/aromatic N) is 3. The number of aliphatic hydroxyl groups is 1. The molecule has 0 bridgehead atoms. The van der Waals surface area contributed by atoms with Crippen molar-refractivity contribution < 1.29 is 5.11 Å². The van der Waals surface area contributed by atoms with E-state index in [1.807, 2.05) is 12.1 Å². The van der Waals surface area contributed by atoms with Gasteiger partial charge in [0.25, 0.3) is 0 Å². The molecule has 2 rings (SSSR count). The van der Waals surface area contributed by atoms with Gasteiger partial charge >= 0.3 is 0 Å². The van der Waals surface area contributed by atoms with Crippen molar-refractivity contribution >= 4 is 5.69 Å². The van der Waals surface area contributed by atoms with E-state index in [9.17, 15) is 0 Å². The maximum absolute atomic E-state index is 8.93. The highest BCUT2D eigenvalue weighted by Gasteiger charge is 2.24. The summed E-state index contributed by atoms with van der Waals surface area (Å²) in [5.41, 5.74) is 1.51. The van der Waals surface area contributed by atoms with Crippen LogP contribution in [0.2, 0.25) is 0 Å². The van der Waals surface area contributed by atoms with Gasteiger partial charge in [0.1, 0.15) is 11.8 Å². The van der Waals surface area contributed by atoms with Crippen molar-refractivity contribution in [3.8, 4) is 6.07 Å². The SMILES string of the molecule is N#Cc1ccc(N(CCCO)C2CCC2)cn1. The van der Waals surface area contributed by atoms with E-state index in [-0.39, 0.29) is 6.61 Å². The lowest BCUT2D eigenvalue weighted by atomic mass is 9.91. The van der Waals surface area contributed by atoms with Crippen LogP contribution in [0.25, 0.3) is 0 Å². The summed E-state index contributed by atoms with van der Waals surface area (Å²) < 4.78 is 0. The minimum atomic E-state index is 0.215. The second kappa shape index (κ2) is 5.65. The molecule has 0 aliphatic heterocycles. The smallest absolute Gasteiger partial charge is 0.140 e. The number of aromatic nitrogens is 1. The molecule has 0 amide bonds. The molecule has 0 unspecified atom stereocenters. The average Bonchev–Trinajstić information content (AvgIpc) is 2.32. The fourth-order valence-electron chi connectivity index (χ4n) is 2.08. The number of pyridine rings is 1. The lowest BCUT2D eigenvalue weighted by Crippen LogP contribution is -2.41. The van der Waals surface area contributed by atoms with E-state index < -0.39 is 0 Å². The Balaban J connectivity index is 2.10. The molecule has 17 heavy (non-hydrogen) atoms. The molecule has 4 heteroatoms. The lowest BCUT2D eigenvalue weighted by Gasteiger charge is -2.39. The van der Waals surface area contributed by atoms with Crippen LogP contribution in [0.5, 0.6) is 0 Å². The summed E-state index contributed by atoms with van der Waals surface area (Å²) in [5.74, 6) is 0. The van der Waals surface area contributed by atoms with Crippen LogP contribution in [-0.2, 0) is 0 Å². The number of rotatable bonds is 5. The third-order valence-corrected chi connectivity index (χ3v) is 3.27. The van der Waals surface area contributed by atoms with Crippen molar-refractivity contribution in [2.24, 2.45) is 0 Å². The molecule has 1 aromatic heterocycles. The Bertz CT molecular complexity index is 392. The lowest BCUT2D eigenvalue weighted by molar-refractivity contribution is 0.283. The van der Waals surface area contributed by atoms with Gasteiger partial charge in [-0.15, -0.1) is 0 Å². The van der Waals surface area contributed by atoms with E-state index in [0.717, 1.165) is 18.7 Å². The molecular formula is C13H17N3O.